The van der Waals surface area contributed by atoms with Crippen molar-refractivity contribution in [3.63, 3.8) is 0 Å². The molecule has 2 saturated heterocycles. The van der Waals surface area contributed by atoms with Gasteiger partial charge in [0, 0.05) is 37.4 Å². The second kappa shape index (κ2) is 11.6. The Morgan fingerprint density at radius 1 is 0.714 bits per heavy atom. The Balaban J connectivity index is 1.06. The molecule has 0 unspecified atom stereocenters. The Bertz CT molecular complexity index is 1340. The number of rotatable bonds is 9. The third kappa shape index (κ3) is 5.25. The SMILES string of the molecule is COc1cc2c(cc1OCCCCOc1cc3c(cc1OC)C(=O)N1C[C@@H](F)C[C@H]1C=N3)N=C[C@@H]1C[C@H](F)CN1C2=O. The zero-order chi connectivity index (χ0) is 29.4. The third-order valence-corrected chi connectivity index (χ3v) is 7.96. The molecule has 2 aromatic rings. The fraction of sp³-hybridized carbons (Fsp3) is 0.467. The highest BCUT2D eigenvalue weighted by Crippen LogP contribution is 2.40. The van der Waals surface area contributed by atoms with Gasteiger partial charge in [0.25, 0.3) is 11.8 Å². The van der Waals surface area contributed by atoms with Crippen molar-refractivity contribution in [2.24, 2.45) is 9.98 Å². The molecular weight excluding hydrogens is 550 g/mol. The Kier molecular flexibility index (Phi) is 7.70. The van der Waals surface area contributed by atoms with E-state index in [0.29, 0.717) is 71.6 Å². The molecule has 4 aliphatic rings. The van der Waals surface area contributed by atoms with Crippen molar-refractivity contribution in [1.82, 2.24) is 9.80 Å². The molecule has 0 N–H and O–H groups in total. The van der Waals surface area contributed by atoms with E-state index >= 15 is 0 Å². The van der Waals surface area contributed by atoms with Crippen molar-refractivity contribution < 1.29 is 37.3 Å². The molecule has 4 aliphatic heterocycles. The topological polar surface area (TPSA) is 102 Å². The number of carbonyl (C=O) groups is 2. The van der Waals surface area contributed by atoms with Crippen LogP contribution >= 0.6 is 0 Å². The molecule has 0 saturated carbocycles. The largest absolute Gasteiger partial charge is 0.493 e. The van der Waals surface area contributed by atoms with Crippen molar-refractivity contribution in [3.05, 3.63) is 35.4 Å². The van der Waals surface area contributed by atoms with E-state index in [4.69, 9.17) is 18.9 Å². The molecule has 0 spiro atoms. The third-order valence-electron chi connectivity index (χ3n) is 7.96. The van der Waals surface area contributed by atoms with Crippen molar-refractivity contribution in [3.8, 4) is 23.0 Å². The van der Waals surface area contributed by atoms with Crippen LogP contribution in [0.15, 0.2) is 34.3 Å². The second-order valence-corrected chi connectivity index (χ2v) is 10.7. The molecule has 2 aromatic carbocycles. The lowest BCUT2D eigenvalue weighted by molar-refractivity contribution is 0.0758. The second-order valence-electron chi connectivity index (χ2n) is 10.7. The Hall–Kier alpha value is -4.22. The van der Waals surface area contributed by atoms with Gasteiger partial charge in [0.15, 0.2) is 23.0 Å². The highest BCUT2D eigenvalue weighted by atomic mass is 19.1. The molecule has 4 atom stereocenters. The van der Waals surface area contributed by atoms with Crippen LogP contribution < -0.4 is 18.9 Å². The molecule has 2 fully saturated rings. The predicted molar refractivity (Wildman–Crippen MR) is 151 cm³/mol. The summed E-state index contributed by atoms with van der Waals surface area (Å²) >= 11 is 0. The molecule has 0 aromatic heterocycles. The number of carbonyl (C=O) groups excluding carboxylic acids is 2. The van der Waals surface area contributed by atoms with E-state index in [0.717, 1.165) is 0 Å². The van der Waals surface area contributed by atoms with Crippen LogP contribution in [0, 0.1) is 0 Å². The number of benzene rings is 2. The first-order chi connectivity index (χ1) is 20.4. The number of aliphatic imine (C=N–C) groups is 2. The normalized spacial score (nSPS) is 24.0. The highest BCUT2D eigenvalue weighted by molar-refractivity contribution is 6.04. The molecule has 0 bridgehead atoms. The number of methoxy groups -OCH3 is 2. The van der Waals surface area contributed by atoms with Crippen LogP contribution in [0.1, 0.15) is 46.4 Å². The van der Waals surface area contributed by atoms with E-state index in [1.807, 2.05) is 0 Å². The molecule has 6 rings (SSSR count). The minimum absolute atomic E-state index is 0.0557. The Labute approximate surface area is 241 Å². The Morgan fingerprint density at radius 2 is 1.14 bits per heavy atom. The smallest absolute Gasteiger partial charge is 0.256 e. The van der Waals surface area contributed by atoms with Gasteiger partial charge in [-0.1, -0.05) is 0 Å². The van der Waals surface area contributed by atoms with E-state index in [2.05, 4.69) is 9.98 Å². The average molecular weight is 583 g/mol. The fourth-order valence-electron chi connectivity index (χ4n) is 5.78. The number of nitrogens with zero attached hydrogens (tertiary/aromatic N) is 4. The lowest BCUT2D eigenvalue weighted by Crippen LogP contribution is -2.35. The molecule has 4 heterocycles. The average Bonchev–Trinajstić information content (AvgIpc) is 3.50. The van der Waals surface area contributed by atoms with Gasteiger partial charge in [-0.3, -0.25) is 19.6 Å². The standard InChI is InChI=1S/C30H32F2N4O6/c1-39-25-9-21-23(33-13-19-7-17(31)15-35(19)29(21)37)11-27(25)41-5-3-4-6-42-28-12-24-22(10-26(28)40-2)30(38)36-16-18(32)8-20(36)14-34-24/h9-14,17-20H,3-8,15-16H2,1-2H3/t17-,18-,19-,20-/m0/s1. The van der Waals surface area contributed by atoms with E-state index in [-0.39, 0.29) is 49.8 Å². The highest BCUT2D eigenvalue weighted by Gasteiger charge is 2.39. The summed E-state index contributed by atoms with van der Waals surface area (Å²) in [7, 11) is 2.99. The number of alkyl halides is 2. The Morgan fingerprint density at radius 3 is 1.55 bits per heavy atom. The van der Waals surface area contributed by atoms with Crippen molar-refractivity contribution in [2.75, 3.05) is 40.5 Å². The fourth-order valence-corrected chi connectivity index (χ4v) is 5.78. The summed E-state index contributed by atoms with van der Waals surface area (Å²) in [6, 6.07) is 5.83. The summed E-state index contributed by atoms with van der Waals surface area (Å²) in [5.74, 6) is 1.17. The van der Waals surface area contributed by atoms with Gasteiger partial charge in [-0.05, 0) is 25.0 Å². The van der Waals surface area contributed by atoms with Gasteiger partial charge in [-0.25, -0.2) is 8.78 Å². The first-order valence-corrected chi connectivity index (χ1v) is 14.0. The lowest BCUT2D eigenvalue weighted by atomic mass is 10.1. The zero-order valence-corrected chi connectivity index (χ0v) is 23.4. The molecule has 2 amide bonds. The molecular formula is C30H32F2N4O6. The summed E-state index contributed by atoms with van der Waals surface area (Å²) in [4.78, 5) is 38.0. The number of unbranched alkanes of at least 4 members (excludes halogenated alkanes) is 1. The molecule has 42 heavy (non-hydrogen) atoms. The van der Waals surface area contributed by atoms with E-state index in [1.165, 1.54) is 24.0 Å². The summed E-state index contributed by atoms with van der Waals surface area (Å²) < 4.78 is 50.6. The first-order valence-electron chi connectivity index (χ1n) is 14.0. The number of amides is 2. The van der Waals surface area contributed by atoms with Crippen LogP contribution in [0.5, 0.6) is 23.0 Å². The van der Waals surface area contributed by atoms with Crippen LogP contribution in [-0.2, 0) is 0 Å². The summed E-state index contributed by atoms with van der Waals surface area (Å²) in [6.45, 7) is 0.836. The summed E-state index contributed by atoms with van der Waals surface area (Å²) in [6.07, 6.45) is 2.93. The van der Waals surface area contributed by atoms with E-state index < -0.39 is 12.3 Å². The number of ether oxygens (including phenoxy) is 4. The number of hydrogen-bond acceptors (Lipinski definition) is 8. The van der Waals surface area contributed by atoms with Gasteiger partial charge in [0.2, 0.25) is 0 Å². The van der Waals surface area contributed by atoms with Crippen LogP contribution in [0.3, 0.4) is 0 Å². The number of halogens is 2. The van der Waals surface area contributed by atoms with Crippen molar-refractivity contribution in [2.45, 2.75) is 50.1 Å². The van der Waals surface area contributed by atoms with Crippen LogP contribution in [0.25, 0.3) is 0 Å². The summed E-state index contributed by atoms with van der Waals surface area (Å²) in [5, 5.41) is 0. The molecule has 222 valence electrons. The van der Waals surface area contributed by atoms with E-state index in [1.54, 1.807) is 36.7 Å². The molecule has 0 aliphatic carbocycles. The quantitative estimate of drug-likeness (QED) is 0.404. The molecule has 12 heteroatoms. The number of fused-ring (bicyclic) bond motifs is 4. The monoisotopic (exact) mass is 582 g/mol. The van der Waals surface area contributed by atoms with Gasteiger partial charge in [0.1, 0.15) is 12.3 Å². The maximum absolute atomic E-state index is 13.9. The van der Waals surface area contributed by atoms with Gasteiger partial charge in [-0.15, -0.1) is 0 Å². The van der Waals surface area contributed by atoms with Crippen molar-refractivity contribution >= 4 is 35.6 Å². The van der Waals surface area contributed by atoms with Gasteiger partial charge in [-0.2, -0.15) is 0 Å². The number of hydrogen-bond donors (Lipinski definition) is 0. The van der Waals surface area contributed by atoms with Gasteiger partial charge in [0.05, 0.1) is 75.1 Å². The van der Waals surface area contributed by atoms with Crippen molar-refractivity contribution in [1.29, 1.82) is 0 Å². The minimum atomic E-state index is -1.05. The van der Waals surface area contributed by atoms with Gasteiger partial charge < -0.3 is 28.7 Å². The molecule has 0 radical (unpaired) electrons. The molecule has 10 nitrogen and oxygen atoms in total. The first kappa shape index (κ1) is 27.9. The lowest BCUT2D eigenvalue weighted by Gasteiger charge is -2.20. The van der Waals surface area contributed by atoms with Crippen LogP contribution in [0.2, 0.25) is 0 Å². The van der Waals surface area contributed by atoms with Crippen LogP contribution in [0.4, 0.5) is 20.2 Å². The van der Waals surface area contributed by atoms with Crippen LogP contribution in [-0.4, -0.2) is 99.0 Å². The predicted octanol–water partition coefficient (Wildman–Crippen LogP) is 4.48. The minimum Gasteiger partial charge on any atom is -0.493 e. The zero-order valence-electron chi connectivity index (χ0n) is 23.4. The van der Waals surface area contributed by atoms with E-state index in [9.17, 15) is 18.4 Å². The maximum atomic E-state index is 13.9. The maximum Gasteiger partial charge on any atom is 0.256 e. The summed E-state index contributed by atoms with van der Waals surface area (Å²) in [5.41, 5.74) is 1.64. The van der Waals surface area contributed by atoms with Gasteiger partial charge >= 0.3 is 0 Å².